The normalized spacial score (nSPS) is 22.5. The van der Waals surface area contributed by atoms with Crippen molar-refractivity contribution in [3.05, 3.63) is 29.8 Å². The molecule has 0 aliphatic carbocycles. The molecule has 1 aromatic rings. The first-order valence-corrected chi connectivity index (χ1v) is 9.91. The molecule has 2 atom stereocenters. The van der Waals surface area contributed by atoms with Crippen molar-refractivity contribution in [1.29, 1.82) is 0 Å². The summed E-state index contributed by atoms with van der Waals surface area (Å²) in [4.78, 5) is 15.6. The second-order valence-electron chi connectivity index (χ2n) is 5.80. The lowest BCUT2D eigenvalue weighted by molar-refractivity contribution is -0.122. The number of hydrogen-bond acceptors (Lipinski definition) is 4. The van der Waals surface area contributed by atoms with Crippen LogP contribution >= 0.6 is 23.5 Å². The molecule has 22 heavy (non-hydrogen) atoms. The van der Waals surface area contributed by atoms with Gasteiger partial charge in [-0.15, -0.1) is 11.8 Å². The van der Waals surface area contributed by atoms with Crippen molar-refractivity contribution in [3.8, 4) is 0 Å². The summed E-state index contributed by atoms with van der Waals surface area (Å²) in [5.41, 5.74) is 1.28. The van der Waals surface area contributed by atoms with Crippen LogP contribution in [0.5, 0.6) is 0 Å². The van der Waals surface area contributed by atoms with Gasteiger partial charge in [-0.1, -0.05) is 24.6 Å². The van der Waals surface area contributed by atoms with Gasteiger partial charge in [-0.3, -0.25) is 9.69 Å². The van der Waals surface area contributed by atoms with Gasteiger partial charge in [0.05, 0.1) is 6.54 Å². The molecule has 1 aliphatic rings. The summed E-state index contributed by atoms with van der Waals surface area (Å²) in [7, 11) is 0. The van der Waals surface area contributed by atoms with Crippen LogP contribution in [-0.2, 0) is 4.79 Å². The second-order valence-corrected chi connectivity index (χ2v) is 8.45. The van der Waals surface area contributed by atoms with E-state index in [0.29, 0.717) is 17.8 Å². The van der Waals surface area contributed by atoms with Crippen LogP contribution in [0.1, 0.15) is 19.4 Å². The first-order valence-electron chi connectivity index (χ1n) is 7.88. The van der Waals surface area contributed by atoms with Crippen LogP contribution in [0.3, 0.4) is 0 Å². The van der Waals surface area contributed by atoms with Gasteiger partial charge in [0, 0.05) is 40.8 Å². The number of rotatable bonds is 6. The maximum Gasteiger partial charge on any atom is 0.234 e. The fourth-order valence-electron chi connectivity index (χ4n) is 2.45. The van der Waals surface area contributed by atoms with Crippen LogP contribution in [0.15, 0.2) is 29.2 Å². The molecule has 122 valence electrons. The molecule has 5 heteroatoms. The van der Waals surface area contributed by atoms with Crippen LogP contribution in [0.2, 0.25) is 0 Å². The highest BCUT2D eigenvalue weighted by molar-refractivity contribution is 8.00. The van der Waals surface area contributed by atoms with Crippen molar-refractivity contribution in [3.63, 3.8) is 0 Å². The summed E-state index contributed by atoms with van der Waals surface area (Å²) in [5, 5.41) is 3.65. The van der Waals surface area contributed by atoms with Crippen molar-refractivity contribution >= 4 is 29.4 Å². The van der Waals surface area contributed by atoms with Crippen LogP contribution in [-0.4, -0.2) is 53.2 Å². The van der Waals surface area contributed by atoms with E-state index in [2.05, 4.69) is 55.3 Å². The molecule has 1 aromatic carbocycles. The molecular weight excluding hydrogens is 312 g/mol. The Morgan fingerprint density at radius 1 is 1.36 bits per heavy atom. The van der Waals surface area contributed by atoms with Crippen molar-refractivity contribution in [2.24, 2.45) is 0 Å². The zero-order chi connectivity index (χ0) is 15.9. The minimum atomic E-state index is 0.149. The first kappa shape index (κ1) is 17.7. The maximum absolute atomic E-state index is 12.1. The Morgan fingerprint density at radius 3 is 2.82 bits per heavy atom. The lowest BCUT2D eigenvalue weighted by Crippen LogP contribution is -2.49. The SMILES string of the molecule is Cc1ccc(SCCNC(=O)CN2CCSC(C)C2C)cc1. The molecule has 2 rings (SSSR count). The van der Waals surface area contributed by atoms with E-state index in [-0.39, 0.29) is 5.91 Å². The van der Waals surface area contributed by atoms with Crippen molar-refractivity contribution < 1.29 is 4.79 Å². The molecule has 1 saturated heterocycles. The fourth-order valence-corrected chi connectivity index (χ4v) is 4.38. The van der Waals surface area contributed by atoms with Crippen LogP contribution in [0.25, 0.3) is 0 Å². The van der Waals surface area contributed by atoms with Gasteiger partial charge in [-0.05, 0) is 26.0 Å². The summed E-state index contributed by atoms with van der Waals surface area (Å²) < 4.78 is 0. The number of hydrogen-bond donors (Lipinski definition) is 1. The lowest BCUT2D eigenvalue weighted by Gasteiger charge is -2.36. The molecule has 1 heterocycles. The van der Waals surface area contributed by atoms with Gasteiger partial charge in [-0.2, -0.15) is 11.8 Å². The zero-order valence-electron chi connectivity index (χ0n) is 13.7. The molecule has 0 bridgehead atoms. The Labute approximate surface area is 142 Å². The number of amides is 1. The van der Waals surface area contributed by atoms with E-state index in [1.54, 1.807) is 11.8 Å². The standard InChI is InChI=1S/C17H26N2OS2/c1-13-4-6-16(7-5-13)22-10-8-18-17(20)12-19-9-11-21-15(3)14(19)2/h4-7,14-15H,8-12H2,1-3H3,(H,18,20). The summed E-state index contributed by atoms with van der Waals surface area (Å²) in [6, 6.07) is 8.99. The highest BCUT2D eigenvalue weighted by Gasteiger charge is 2.26. The number of benzene rings is 1. The van der Waals surface area contributed by atoms with E-state index in [1.807, 2.05) is 11.8 Å². The molecule has 1 amide bonds. The lowest BCUT2D eigenvalue weighted by atomic mass is 10.2. The number of carbonyl (C=O) groups excluding carboxylic acids is 1. The average Bonchev–Trinajstić information content (AvgIpc) is 2.50. The number of nitrogens with zero attached hydrogens (tertiary/aromatic N) is 1. The van der Waals surface area contributed by atoms with Gasteiger partial charge < -0.3 is 5.32 Å². The van der Waals surface area contributed by atoms with Crippen molar-refractivity contribution in [2.75, 3.05) is 31.1 Å². The Morgan fingerprint density at radius 2 is 2.09 bits per heavy atom. The van der Waals surface area contributed by atoms with Crippen molar-refractivity contribution in [2.45, 2.75) is 37.0 Å². The van der Waals surface area contributed by atoms with Crippen LogP contribution < -0.4 is 5.32 Å². The largest absolute Gasteiger partial charge is 0.354 e. The quantitative estimate of drug-likeness (QED) is 0.638. The Balaban J connectivity index is 1.64. The predicted octanol–water partition coefficient (Wildman–Crippen LogP) is 3.03. The van der Waals surface area contributed by atoms with E-state index in [0.717, 1.165) is 24.6 Å². The molecular formula is C17H26N2OS2. The number of aryl methyl sites for hydroxylation is 1. The summed E-state index contributed by atoms with van der Waals surface area (Å²) in [5.74, 6) is 2.19. The Kier molecular flexibility index (Phi) is 7.12. The third-order valence-electron chi connectivity index (χ3n) is 4.08. The summed E-state index contributed by atoms with van der Waals surface area (Å²) in [6.07, 6.45) is 0. The van der Waals surface area contributed by atoms with Gasteiger partial charge in [-0.25, -0.2) is 0 Å². The predicted molar refractivity (Wildman–Crippen MR) is 97.9 cm³/mol. The molecule has 1 fully saturated rings. The highest BCUT2D eigenvalue weighted by Crippen LogP contribution is 2.23. The van der Waals surface area contributed by atoms with Gasteiger partial charge in [0.2, 0.25) is 5.91 Å². The van der Waals surface area contributed by atoms with E-state index in [1.165, 1.54) is 10.5 Å². The Hall–Kier alpha value is -0.650. The third kappa shape index (κ3) is 5.52. The number of carbonyl (C=O) groups is 1. The van der Waals surface area contributed by atoms with Crippen LogP contribution in [0.4, 0.5) is 0 Å². The highest BCUT2D eigenvalue weighted by atomic mass is 32.2. The molecule has 0 aromatic heterocycles. The fraction of sp³-hybridized carbons (Fsp3) is 0.588. The second kappa shape index (κ2) is 8.85. The third-order valence-corrected chi connectivity index (χ3v) is 6.43. The van der Waals surface area contributed by atoms with Gasteiger partial charge in [0.25, 0.3) is 0 Å². The average molecular weight is 339 g/mol. The van der Waals surface area contributed by atoms with Gasteiger partial charge >= 0.3 is 0 Å². The summed E-state index contributed by atoms with van der Waals surface area (Å²) in [6.45, 7) is 8.83. The molecule has 0 radical (unpaired) electrons. The zero-order valence-corrected chi connectivity index (χ0v) is 15.3. The van der Waals surface area contributed by atoms with E-state index < -0.39 is 0 Å². The summed E-state index contributed by atoms with van der Waals surface area (Å²) >= 11 is 3.79. The number of nitrogens with one attached hydrogen (secondary N) is 1. The minimum absolute atomic E-state index is 0.149. The topological polar surface area (TPSA) is 32.3 Å². The monoisotopic (exact) mass is 338 g/mol. The smallest absolute Gasteiger partial charge is 0.234 e. The Bertz CT molecular complexity index is 478. The number of thioether (sulfide) groups is 2. The molecule has 3 nitrogen and oxygen atoms in total. The molecule has 0 saturated carbocycles. The van der Waals surface area contributed by atoms with E-state index >= 15 is 0 Å². The molecule has 1 aliphatic heterocycles. The minimum Gasteiger partial charge on any atom is -0.354 e. The van der Waals surface area contributed by atoms with E-state index in [4.69, 9.17) is 0 Å². The first-order chi connectivity index (χ1) is 10.6. The molecule has 1 N–H and O–H groups in total. The molecule has 0 spiro atoms. The molecule has 2 unspecified atom stereocenters. The van der Waals surface area contributed by atoms with E-state index in [9.17, 15) is 4.79 Å². The maximum atomic E-state index is 12.1. The van der Waals surface area contributed by atoms with Gasteiger partial charge in [0.1, 0.15) is 0 Å². The van der Waals surface area contributed by atoms with Gasteiger partial charge in [0.15, 0.2) is 0 Å². The van der Waals surface area contributed by atoms with Crippen LogP contribution in [0, 0.1) is 6.92 Å². The van der Waals surface area contributed by atoms with Crippen molar-refractivity contribution in [1.82, 2.24) is 10.2 Å².